The zero-order valence-electron chi connectivity index (χ0n) is 13.6. The molecule has 0 radical (unpaired) electrons. The molecule has 2 aromatic rings. The summed E-state index contributed by atoms with van der Waals surface area (Å²) in [7, 11) is 3.20. The lowest BCUT2D eigenvalue weighted by atomic mass is 9.96. The van der Waals surface area contributed by atoms with Crippen LogP contribution in [0, 0.1) is 0 Å². The number of hydrogen-bond donors (Lipinski definition) is 2. The second-order valence-corrected chi connectivity index (χ2v) is 5.35. The molecule has 23 heavy (non-hydrogen) atoms. The van der Waals surface area contributed by atoms with Crippen molar-refractivity contribution >= 4 is 17.3 Å². The van der Waals surface area contributed by atoms with Crippen LogP contribution < -0.4 is 20.5 Å². The van der Waals surface area contributed by atoms with Crippen molar-refractivity contribution in [3.8, 4) is 11.5 Å². The molecule has 0 aliphatic carbocycles. The van der Waals surface area contributed by atoms with Crippen molar-refractivity contribution < 1.29 is 14.3 Å². The molecule has 122 valence electrons. The van der Waals surface area contributed by atoms with Gasteiger partial charge in [-0.15, -0.1) is 0 Å². The standard InChI is InChI=1S/C18H22N2O3/c1-12(14-6-4-5-7-17(14)23-3)10-18(21)20-16-11-13(22-2)8-9-15(16)19/h4-9,11-12H,10,19H2,1-3H3,(H,20,21). The lowest BCUT2D eigenvalue weighted by molar-refractivity contribution is -0.116. The number of ether oxygens (including phenoxy) is 2. The highest BCUT2D eigenvalue weighted by Crippen LogP contribution is 2.29. The smallest absolute Gasteiger partial charge is 0.225 e. The molecule has 0 heterocycles. The van der Waals surface area contributed by atoms with Crippen LogP contribution in [0.1, 0.15) is 24.8 Å². The fraction of sp³-hybridized carbons (Fsp3) is 0.278. The highest BCUT2D eigenvalue weighted by Gasteiger charge is 2.16. The van der Waals surface area contributed by atoms with Crippen LogP contribution in [0.3, 0.4) is 0 Å². The van der Waals surface area contributed by atoms with Gasteiger partial charge < -0.3 is 20.5 Å². The van der Waals surface area contributed by atoms with Crippen molar-refractivity contribution in [2.45, 2.75) is 19.3 Å². The summed E-state index contributed by atoms with van der Waals surface area (Å²) in [6, 6.07) is 12.9. The predicted molar refractivity (Wildman–Crippen MR) is 92.1 cm³/mol. The van der Waals surface area contributed by atoms with Crippen molar-refractivity contribution in [3.63, 3.8) is 0 Å². The van der Waals surface area contributed by atoms with Crippen molar-refractivity contribution in [2.75, 3.05) is 25.3 Å². The van der Waals surface area contributed by atoms with Crippen LogP contribution in [-0.2, 0) is 4.79 Å². The van der Waals surface area contributed by atoms with Crippen LogP contribution in [0.15, 0.2) is 42.5 Å². The molecule has 1 unspecified atom stereocenters. The molecule has 0 saturated carbocycles. The van der Waals surface area contributed by atoms with E-state index < -0.39 is 0 Å². The first-order chi connectivity index (χ1) is 11.0. The third-order valence-corrected chi connectivity index (χ3v) is 3.70. The fourth-order valence-corrected chi connectivity index (χ4v) is 2.43. The van der Waals surface area contributed by atoms with Crippen molar-refractivity contribution in [1.82, 2.24) is 0 Å². The Kier molecular flexibility index (Phi) is 5.46. The maximum Gasteiger partial charge on any atom is 0.225 e. The first-order valence-corrected chi connectivity index (χ1v) is 7.41. The number of nitrogens with two attached hydrogens (primary N) is 1. The topological polar surface area (TPSA) is 73.6 Å². The average Bonchev–Trinajstić information content (AvgIpc) is 2.56. The normalized spacial score (nSPS) is 11.6. The second kappa shape index (κ2) is 7.54. The van der Waals surface area contributed by atoms with E-state index >= 15 is 0 Å². The number of rotatable bonds is 6. The number of methoxy groups -OCH3 is 2. The minimum absolute atomic E-state index is 0.0259. The fourth-order valence-electron chi connectivity index (χ4n) is 2.43. The van der Waals surface area contributed by atoms with Crippen LogP contribution in [0.25, 0.3) is 0 Å². The molecular formula is C18H22N2O3. The molecule has 5 nitrogen and oxygen atoms in total. The number of anilines is 2. The minimum Gasteiger partial charge on any atom is -0.497 e. The van der Waals surface area contributed by atoms with Crippen molar-refractivity contribution in [3.05, 3.63) is 48.0 Å². The third-order valence-electron chi connectivity index (χ3n) is 3.70. The summed E-state index contributed by atoms with van der Waals surface area (Å²) in [4.78, 5) is 12.3. The lowest BCUT2D eigenvalue weighted by Gasteiger charge is -2.16. The monoisotopic (exact) mass is 314 g/mol. The predicted octanol–water partition coefficient (Wildman–Crippen LogP) is 3.42. The highest BCUT2D eigenvalue weighted by atomic mass is 16.5. The number of hydrogen-bond acceptors (Lipinski definition) is 4. The van der Waals surface area contributed by atoms with E-state index in [0.29, 0.717) is 23.5 Å². The molecule has 1 amide bonds. The van der Waals surface area contributed by atoms with Gasteiger partial charge in [0.15, 0.2) is 0 Å². The first-order valence-electron chi connectivity index (χ1n) is 7.41. The van der Waals surface area contributed by atoms with E-state index in [1.165, 1.54) is 0 Å². The van der Waals surface area contributed by atoms with Gasteiger partial charge in [-0.25, -0.2) is 0 Å². The average molecular weight is 314 g/mol. The Balaban J connectivity index is 2.07. The maximum atomic E-state index is 12.3. The van der Waals surface area contributed by atoms with Gasteiger partial charge in [-0.2, -0.15) is 0 Å². The molecule has 2 rings (SSSR count). The van der Waals surface area contributed by atoms with E-state index in [4.69, 9.17) is 15.2 Å². The summed E-state index contributed by atoms with van der Waals surface area (Å²) in [5.74, 6) is 1.35. The van der Waals surface area contributed by atoms with Gasteiger partial charge in [-0.05, 0) is 29.7 Å². The van der Waals surface area contributed by atoms with Gasteiger partial charge in [0.05, 0.1) is 25.6 Å². The van der Waals surface area contributed by atoms with Gasteiger partial charge in [0.25, 0.3) is 0 Å². The number of benzene rings is 2. The van der Waals surface area contributed by atoms with E-state index in [9.17, 15) is 4.79 Å². The van der Waals surface area contributed by atoms with Crippen molar-refractivity contribution in [2.24, 2.45) is 0 Å². The second-order valence-electron chi connectivity index (χ2n) is 5.35. The number of nitrogens with one attached hydrogen (secondary N) is 1. The zero-order valence-corrected chi connectivity index (χ0v) is 13.6. The van der Waals surface area contributed by atoms with Gasteiger partial charge in [-0.1, -0.05) is 25.1 Å². The minimum atomic E-state index is -0.108. The number of nitrogen functional groups attached to an aromatic ring is 1. The van der Waals surface area contributed by atoms with Crippen LogP contribution >= 0.6 is 0 Å². The Labute approximate surface area is 136 Å². The quantitative estimate of drug-likeness (QED) is 0.801. The Hall–Kier alpha value is -2.69. The molecule has 0 aliphatic heterocycles. The van der Waals surface area contributed by atoms with E-state index in [2.05, 4.69) is 5.32 Å². The molecule has 0 bridgehead atoms. The molecule has 0 aromatic heterocycles. The number of carbonyl (C=O) groups excluding carboxylic acids is 1. The molecule has 0 aliphatic rings. The summed E-state index contributed by atoms with van der Waals surface area (Å²) in [5.41, 5.74) is 7.95. The Morgan fingerprint density at radius 2 is 1.91 bits per heavy atom. The molecule has 0 spiro atoms. The Morgan fingerprint density at radius 3 is 2.61 bits per heavy atom. The van der Waals surface area contributed by atoms with Crippen LogP contribution in [0.4, 0.5) is 11.4 Å². The molecule has 0 saturated heterocycles. The van der Waals surface area contributed by atoms with Gasteiger partial charge in [0.2, 0.25) is 5.91 Å². The van der Waals surface area contributed by atoms with Gasteiger partial charge >= 0.3 is 0 Å². The number of carbonyl (C=O) groups is 1. The summed E-state index contributed by atoms with van der Waals surface area (Å²) < 4.78 is 10.5. The number of para-hydroxylation sites is 1. The van der Waals surface area contributed by atoms with E-state index in [1.54, 1.807) is 32.4 Å². The summed E-state index contributed by atoms with van der Waals surface area (Å²) in [6.07, 6.45) is 0.330. The summed E-state index contributed by atoms with van der Waals surface area (Å²) in [6.45, 7) is 1.99. The third kappa shape index (κ3) is 4.16. The molecule has 0 fully saturated rings. The largest absolute Gasteiger partial charge is 0.497 e. The SMILES string of the molecule is COc1ccc(N)c(NC(=O)CC(C)c2ccccc2OC)c1. The lowest BCUT2D eigenvalue weighted by Crippen LogP contribution is -2.15. The first kappa shape index (κ1) is 16.7. The molecule has 1 atom stereocenters. The van der Waals surface area contributed by atoms with Crippen LogP contribution in [0.2, 0.25) is 0 Å². The van der Waals surface area contributed by atoms with Gasteiger partial charge in [-0.3, -0.25) is 4.79 Å². The Morgan fingerprint density at radius 1 is 1.17 bits per heavy atom. The van der Waals surface area contributed by atoms with Crippen LogP contribution in [0.5, 0.6) is 11.5 Å². The van der Waals surface area contributed by atoms with Crippen molar-refractivity contribution in [1.29, 1.82) is 0 Å². The molecule has 2 aromatic carbocycles. The molecule has 5 heteroatoms. The van der Waals surface area contributed by atoms with Gasteiger partial charge in [0.1, 0.15) is 11.5 Å². The van der Waals surface area contributed by atoms with E-state index in [1.807, 2.05) is 31.2 Å². The number of amides is 1. The molecule has 3 N–H and O–H groups in total. The summed E-state index contributed by atoms with van der Waals surface area (Å²) >= 11 is 0. The zero-order chi connectivity index (χ0) is 16.8. The van der Waals surface area contributed by atoms with Gasteiger partial charge in [0, 0.05) is 12.5 Å². The maximum absolute atomic E-state index is 12.3. The van der Waals surface area contributed by atoms with E-state index in [0.717, 1.165) is 11.3 Å². The van der Waals surface area contributed by atoms with Crippen LogP contribution in [-0.4, -0.2) is 20.1 Å². The highest BCUT2D eigenvalue weighted by molar-refractivity contribution is 5.94. The Bertz CT molecular complexity index is 686. The van der Waals surface area contributed by atoms with E-state index in [-0.39, 0.29) is 11.8 Å². The molecular weight excluding hydrogens is 292 g/mol. The summed E-state index contributed by atoms with van der Waals surface area (Å²) in [5, 5.41) is 2.84.